The molecule has 0 aromatic rings. The number of sulfonamides is 1. The van der Waals surface area contributed by atoms with Crippen LogP contribution in [0.5, 0.6) is 0 Å². The van der Waals surface area contributed by atoms with Gasteiger partial charge in [-0.25, -0.2) is 8.42 Å². The third-order valence-electron chi connectivity index (χ3n) is 3.13. The maximum Gasteiger partial charge on any atom is 0.225 e. The van der Waals surface area contributed by atoms with Gasteiger partial charge in [0.25, 0.3) is 0 Å². The molecule has 1 heterocycles. The first-order valence-electron chi connectivity index (χ1n) is 5.81. The van der Waals surface area contributed by atoms with Crippen molar-refractivity contribution in [3.63, 3.8) is 0 Å². The molecule has 2 rings (SSSR count). The molecule has 1 saturated heterocycles. The molecule has 2 fully saturated rings. The minimum atomic E-state index is -3.09. The van der Waals surface area contributed by atoms with Crippen molar-refractivity contribution in [2.24, 2.45) is 5.92 Å². The van der Waals surface area contributed by atoms with Gasteiger partial charge in [-0.15, -0.1) is 0 Å². The molecule has 0 bridgehead atoms. The topological polar surface area (TPSA) is 75.7 Å². The van der Waals surface area contributed by atoms with Crippen LogP contribution in [0.15, 0.2) is 0 Å². The lowest BCUT2D eigenvalue weighted by Crippen LogP contribution is -2.56. The number of amides is 1. The average molecular weight is 262 g/mol. The Balaban J connectivity index is 1.73. The van der Waals surface area contributed by atoms with Gasteiger partial charge in [0.2, 0.25) is 15.9 Å². The lowest BCUT2D eigenvalue weighted by atomic mass is 10.0. The fraction of sp³-hybridized carbons (Fsp3) is 0.900. The largest absolute Gasteiger partial charge is 0.383 e. The van der Waals surface area contributed by atoms with Gasteiger partial charge in [0, 0.05) is 26.7 Å². The molecule has 1 N–H and O–H groups in total. The van der Waals surface area contributed by atoms with Crippen LogP contribution >= 0.6 is 0 Å². The number of hydrogen-bond acceptors (Lipinski definition) is 4. The standard InChI is InChI=1S/C10H18N2O4S/c1-16-5-4-11-10(13)8-6-12(7-8)17(14,15)9-2-3-9/h8-9H,2-7H2,1H3,(H,11,13). The van der Waals surface area contributed by atoms with Gasteiger partial charge in [0.05, 0.1) is 17.8 Å². The molecule has 0 radical (unpaired) electrons. The molecular formula is C10H18N2O4S. The quantitative estimate of drug-likeness (QED) is 0.634. The minimum absolute atomic E-state index is 0.0794. The maximum absolute atomic E-state index is 11.8. The number of nitrogens with zero attached hydrogens (tertiary/aromatic N) is 1. The highest BCUT2D eigenvalue weighted by Gasteiger charge is 2.46. The molecule has 7 heteroatoms. The summed E-state index contributed by atoms with van der Waals surface area (Å²) in [4.78, 5) is 11.6. The van der Waals surface area contributed by atoms with Gasteiger partial charge in [-0.2, -0.15) is 4.31 Å². The van der Waals surface area contributed by atoms with Crippen LogP contribution in [0.3, 0.4) is 0 Å². The third kappa shape index (κ3) is 2.78. The van der Waals surface area contributed by atoms with Crippen molar-refractivity contribution < 1.29 is 17.9 Å². The predicted octanol–water partition coefficient (Wildman–Crippen LogP) is -0.827. The summed E-state index contributed by atoms with van der Waals surface area (Å²) in [7, 11) is -1.52. The van der Waals surface area contributed by atoms with E-state index in [-0.39, 0.29) is 17.1 Å². The van der Waals surface area contributed by atoms with Gasteiger partial charge in [0.15, 0.2) is 0 Å². The summed E-state index contributed by atoms with van der Waals surface area (Å²) >= 11 is 0. The fourth-order valence-corrected chi connectivity index (χ4v) is 3.74. The Morgan fingerprint density at radius 3 is 2.59 bits per heavy atom. The molecule has 17 heavy (non-hydrogen) atoms. The summed E-state index contributed by atoms with van der Waals surface area (Å²) in [5.41, 5.74) is 0. The van der Waals surface area contributed by atoms with Gasteiger partial charge in [-0.05, 0) is 12.8 Å². The lowest BCUT2D eigenvalue weighted by Gasteiger charge is -2.37. The molecular weight excluding hydrogens is 244 g/mol. The molecule has 1 saturated carbocycles. The zero-order valence-corrected chi connectivity index (χ0v) is 10.7. The van der Waals surface area contributed by atoms with Crippen LogP contribution in [0.2, 0.25) is 0 Å². The number of carbonyl (C=O) groups excluding carboxylic acids is 1. The molecule has 6 nitrogen and oxygen atoms in total. The second-order valence-corrected chi connectivity index (χ2v) is 6.76. The molecule has 1 aliphatic carbocycles. The van der Waals surface area contributed by atoms with Crippen LogP contribution in [0.4, 0.5) is 0 Å². The Hall–Kier alpha value is -0.660. The number of ether oxygens (including phenoxy) is 1. The lowest BCUT2D eigenvalue weighted by molar-refractivity contribution is -0.128. The van der Waals surface area contributed by atoms with E-state index in [4.69, 9.17) is 4.74 Å². The molecule has 0 aromatic heterocycles. The molecule has 1 aliphatic heterocycles. The highest BCUT2D eigenvalue weighted by atomic mass is 32.2. The van der Waals surface area contributed by atoms with Gasteiger partial charge >= 0.3 is 0 Å². The first-order valence-corrected chi connectivity index (χ1v) is 7.31. The SMILES string of the molecule is COCCNC(=O)C1CN(S(=O)(=O)C2CC2)C1. The first-order chi connectivity index (χ1) is 8.05. The van der Waals surface area contributed by atoms with Crippen LogP contribution in [0, 0.1) is 5.92 Å². The van der Waals surface area contributed by atoms with Crippen molar-refractivity contribution in [3.05, 3.63) is 0 Å². The Labute approximate surface area is 101 Å². The van der Waals surface area contributed by atoms with Crippen molar-refractivity contribution >= 4 is 15.9 Å². The second-order valence-electron chi connectivity index (χ2n) is 4.54. The number of nitrogens with one attached hydrogen (secondary N) is 1. The highest BCUT2D eigenvalue weighted by molar-refractivity contribution is 7.90. The van der Waals surface area contributed by atoms with E-state index >= 15 is 0 Å². The summed E-state index contributed by atoms with van der Waals surface area (Å²) in [5, 5.41) is 2.54. The van der Waals surface area contributed by atoms with E-state index < -0.39 is 10.0 Å². The Kier molecular flexibility index (Phi) is 3.70. The molecule has 0 atom stereocenters. The van der Waals surface area contributed by atoms with Crippen molar-refractivity contribution in [3.8, 4) is 0 Å². The Bertz CT molecular complexity index is 385. The van der Waals surface area contributed by atoms with E-state index in [2.05, 4.69) is 5.32 Å². The third-order valence-corrected chi connectivity index (χ3v) is 5.46. The second kappa shape index (κ2) is 4.91. The van der Waals surface area contributed by atoms with Crippen molar-refractivity contribution in [1.29, 1.82) is 0 Å². The first kappa shape index (κ1) is 12.8. The van der Waals surface area contributed by atoms with Crippen LogP contribution in [-0.4, -0.2) is 57.2 Å². The van der Waals surface area contributed by atoms with Gasteiger partial charge in [0.1, 0.15) is 0 Å². The molecule has 0 spiro atoms. The number of carbonyl (C=O) groups is 1. The van der Waals surface area contributed by atoms with Crippen LogP contribution < -0.4 is 5.32 Å². The molecule has 0 aromatic carbocycles. The van der Waals surface area contributed by atoms with E-state index in [1.54, 1.807) is 7.11 Å². The Morgan fingerprint density at radius 2 is 2.06 bits per heavy atom. The monoisotopic (exact) mass is 262 g/mol. The van der Waals surface area contributed by atoms with E-state index in [0.29, 0.717) is 26.2 Å². The van der Waals surface area contributed by atoms with Crippen molar-refractivity contribution in [2.45, 2.75) is 18.1 Å². The van der Waals surface area contributed by atoms with E-state index in [1.165, 1.54) is 4.31 Å². The minimum Gasteiger partial charge on any atom is -0.383 e. The summed E-state index contributed by atoms with van der Waals surface area (Å²) in [5.74, 6) is -0.273. The number of rotatable bonds is 6. The summed E-state index contributed by atoms with van der Waals surface area (Å²) in [6.07, 6.45) is 1.53. The summed E-state index contributed by atoms with van der Waals surface area (Å²) < 4.78 is 29.8. The fourth-order valence-electron chi connectivity index (χ4n) is 1.81. The zero-order valence-electron chi connectivity index (χ0n) is 9.89. The normalized spacial score (nSPS) is 22.2. The maximum atomic E-state index is 11.8. The molecule has 98 valence electrons. The zero-order chi connectivity index (χ0) is 12.5. The van der Waals surface area contributed by atoms with E-state index in [1.807, 2.05) is 0 Å². The highest BCUT2D eigenvalue weighted by Crippen LogP contribution is 2.34. The molecule has 1 amide bonds. The van der Waals surface area contributed by atoms with E-state index in [9.17, 15) is 13.2 Å². The average Bonchev–Trinajstić information content (AvgIpc) is 2.98. The van der Waals surface area contributed by atoms with Crippen LogP contribution in [0.25, 0.3) is 0 Å². The summed E-state index contributed by atoms with van der Waals surface area (Å²) in [6.45, 7) is 1.61. The van der Waals surface area contributed by atoms with Crippen LogP contribution in [-0.2, 0) is 19.6 Å². The molecule has 2 aliphatic rings. The van der Waals surface area contributed by atoms with Crippen molar-refractivity contribution in [2.75, 3.05) is 33.4 Å². The van der Waals surface area contributed by atoms with Crippen molar-refractivity contribution in [1.82, 2.24) is 9.62 Å². The summed E-state index contributed by atoms with van der Waals surface area (Å²) in [6, 6.07) is 0. The van der Waals surface area contributed by atoms with Gasteiger partial charge in [-0.1, -0.05) is 0 Å². The number of hydrogen-bond donors (Lipinski definition) is 1. The number of methoxy groups -OCH3 is 1. The van der Waals surface area contributed by atoms with Crippen LogP contribution in [0.1, 0.15) is 12.8 Å². The predicted molar refractivity (Wildman–Crippen MR) is 61.9 cm³/mol. The molecule has 0 unspecified atom stereocenters. The van der Waals surface area contributed by atoms with Gasteiger partial charge in [-0.3, -0.25) is 4.79 Å². The smallest absolute Gasteiger partial charge is 0.225 e. The van der Waals surface area contributed by atoms with Gasteiger partial charge < -0.3 is 10.1 Å². The Morgan fingerprint density at radius 1 is 1.41 bits per heavy atom. The van der Waals surface area contributed by atoms with E-state index in [0.717, 1.165) is 12.8 Å².